The Labute approximate surface area is 122 Å². The molecule has 2 aromatic rings. The van der Waals surface area contributed by atoms with Crippen LogP contribution in [0.2, 0.25) is 0 Å². The Hall–Kier alpha value is -2.01. The minimum atomic E-state index is -1.18. The summed E-state index contributed by atoms with van der Waals surface area (Å²) < 4.78 is 39.6. The highest BCUT2D eigenvalue weighted by molar-refractivity contribution is 5.51. The molecule has 0 saturated carbocycles. The van der Waals surface area contributed by atoms with Crippen molar-refractivity contribution in [1.82, 2.24) is 4.90 Å². The third-order valence-electron chi connectivity index (χ3n) is 3.06. The van der Waals surface area contributed by atoms with Crippen LogP contribution in [0, 0.1) is 17.5 Å². The number of hydrogen-bond donors (Lipinski definition) is 1. The first kappa shape index (κ1) is 15.4. The van der Waals surface area contributed by atoms with Gasteiger partial charge in [-0.1, -0.05) is 18.2 Å². The summed E-state index contributed by atoms with van der Waals surface area (Å²) in [5, 5.41) is 3.07. The second kappa shape index (κ2) is 6.63. The van der Waals surface area contributed by atoms with E-state index in [9.17, 15) is 13.2 Å². The second-order valence-electron chi connectivity index (χ2n) is 5.11. The maximum atomic E-state index is 13.6. The Morgan fingerprint density at radius 3 is 2.29 bits per heavy atom. The van der Waals surface area contributed by atoms with Gasteiger partial charge in [-0.25, -0.2) is 13.2 Å². The first-order valence-electron chi connectivity index (χ1n) is 6.57. The lowest BCUT2D eigenvalue weighted by molar-refractivity contribution is 0.403. The van der Waals surface area contributed by atoms with Crippen molar-refractivity contribution in [2.24, 2.45) is 0 Å². The minimum absolute atomic E-state index is 0.0907. The highest BCUT2D eigenvalue weighted by Crippen LogP contribution is 2.19. The number of rotatable bonds is 5. The summed E-state index contributed by atoms with van der Waals surface area (Å²) in [7, 11) is 3.90. The lowest BCUT2D eigenvalue weighted by Gasteiger charge is -2.16. The smallest absolute Gasteiger partial charge is 0.161 e. The van der Waals surface area contributed by atoms with Gasteiger partial charge in [-0.15, -0.1) is 0 Å². The topological polar surface area (TPSA) is 15.3 Å². The van der Waals surface area contributed by atoms with Gasteiger partial charge in [0.05, 0.1) is 0 Å². The second-order valence-corrected chi connectivity index (χ2v) is 5.11. The van der Waals surface area contributed by atoms with Gasteiger partial charge in [0.15, 0.2) is 11.6 Å². The molecule has 0 aliphatic carbocycles. The molecule has 21 heavy (non-hydrogen) atoms. The van der Waals surface area contributed by atoms with E-state index in [1.165, 1.54) is 0 Å². The summed E-state index contributed by atoms with van der Waals surface area (Å²) in [5.74, 6) is -2.98. The van der Waals surface area contributed by atoms with E-state index >= 15 is 0 Å². The molecule has 0 bridgehead atoms. The molecule has 0 atom stereocenters. The molecule has 0 aromatic heterocycles. The zero-order valence-electron chi connectivity index (χ0n) is 12.0. The fourth-order valence-corrected chi connectivity index (χ4v) is 2.06. The molecule has 2 aromatic carbocycles. The van der Waals surface area contributed by atoms with Crippen molar-refractivity contribution in [2.75, 3.05) is 19.4 Å². The summed E-state index contributed by atoms with van der Waals surface area (Å²) in [4.78, 5) is 2.01. The quantitative estimate of drug-likeness (QED) is 0.844. The molecule has 0 unspecified atom stereocenters. The van der Waals surface area contributed by atoms with Crippen LogP contribution in [0.25, 0.3) is 0 Å². The monoisotopic (exact) mass is 294 g/mol. The van der Waals surface area contributed by atoms with Crippen molar-refractivity contribution in [1.29, 1.82) is 0 Å². The molecular weight excluding hydrogens is 277 g/mol. The normalized spacial score (nSPS) is 11.0. The minimum Gasteiger partial charge on any atom is -0.381 e. The molecule has 0 heterocycles. The number of benzene rings is 2. The van der Waals surface area contributed by atoms with Crippen molar-refractivity contribution in [3.8, 4) is 0 Å². The van der Waals surface area contributed by atoms with Gasteiger partial charge in [0, 0.05) is 30.4 Å². The maximum Gasteiger partial charge on any atom is 0.161 e. The molecule has 5 heteroatoms. The van der Waals surface area contributed by atoms with E-state index in [0.717, 1.165) is 23.9 Å². The molecule has 0 amide bonds. The summed E-state index contributed by atoms with van der Waals surface area (Å²) >= 11 is 0. The van der Waals surface area contributed by atoms with Crippen molar-refractivity contribution < 1.29 is 13.2 Å². The SMILES string of the molecule is CN(C)Cc1ccccc1NCc1cc(F)c(F)cc1F. The molecule has 1 N–H and O–H groups in total. The lowest BCUT2D eigenvalue weighted by atomic mass is 10.1. The van der Waals surface area contributed by atoms with Gasteiger partial charge in [-0.05, 0) is 31.8 Å². The number of nitrogens with one attached hydrogen (secondary N) is 1. The molecule has 2 nitrogen and oxygen atoms in total. The van der Waals surface area contributed by atoms with Crippen LogP contribution in [0.4, 0.5) is 18.9 Å². The summed E-state index contributed by atoms with van der Waals surface area (Å²) in [6.07, 6.45) is 0. The Kier molecular flexibility index (Phi) is 4.85. The largest absolute Gasteiger partial charge is 0.381 e. The van der Waals surface area contributed by atoms with E-state index < -0.39 is 17.5 Å². The number of nitrogens with zero attached hydrogens (tertiary/aromatic N) is 1. The third-order valence-corrected chi connectivity index (χ3v) is 3.06. The van der Waals surface area contributed by atoms with Gasteiger partial charge < -0.3 is 10.2 Å². The molecule has 0 aliphatic rings. The van der Waals surface area contributed by atoms with Crippen molar-refractivity contribution >= 4 is 5.69 Å². The van der Waals surface area contributed by atoms with Gasteiger partial charge in [0.2, 0.25) is 0 Å². The van der Waals surface area contributed by atoms with Gasteiger partial charge >= 0.3 is 0 Å². The molecule has 0 fully saturated rings. The standard InChI is InChI=1S/C16H17F3N2/c1-21(2)10-11-5-3-4-6-16(11)20-9-12-7-14(18)15(19)8-13(12)17/h3-8,20H,9-10H2,1-2H3. The van der Waals surface area contributed by atoms with Crippen LogP contribution in [0.1, 0.15) is 11.1 Å². The van der Waals surface area contributed by atoms with E-state index in [-0.39, 0.29) is 12.1 Å². The van der Waals surface area contributed by atoms with Gasteiger partial charge in [-0.2, -0.15) is 0 Å². The number of halogens is 3. The highest BCUT2D eigenvalue weighted by atomic mass is 19.2. The summed E-state index contributed by atoms with van der Waals surface area (Å²) in [6, 6.07) is 9.07. The van der Waals surface area contributed by atoms with E-state index in [1.54, 1.807) is 0 Å². The number of anilines is 1. The third kappa shape index (κ3) is 3.98. The molecule has 0 aliphatic heterocycles. The maximum absolute atomic E-state index is 13.6. The van der Waals surface area contributed by atoms with Crippen LogP contribution in [0.3, 0.4) is 0 Å². The van der Waals surface area contributed by atoms with E-state index in [0.29, 0.717) is 6.07 Å². The molecule has 0 spiro atoms. The van der Waals surface area contributed by atoms with Gasteiger partial charge in [0.1, 0.15) is 5.82 Å². The van der Waals surface area contributed by atoms with Crippen LogP contribution in [-0.4, -0.2) is 19.0 Å². The van der Waals surface area contributed by atoms with Gasteiger partial charge in [-0.3, -0.25) is 0 Å². The molecular formula is C16H17F3N2. The Morgan fingerprint density at radius 1 is 0.905 bits per heavy atom. The predicted molar refractivity (Wildman–Crippen MR) is 77.5 cm³/mol. The van der Waals surface area contributed by atoms with E-state index in [2.05, 4.69) is 5.32 Å². The predicted octanol–water partition coefficient (Wildman–Crippen LogP) is 3.78. The van der Waals surface area contributed by atoms with Crippen molar-refractivity contribution in [2.45, 2.75) is 13.1 Å². The van der Waals surface area contributed by atoms with Crippen molar-refractivity contribution in [3.05, 3.63) is 65.0 Å². The zero-order chi connectivity index (χ0) is 15.4. The lowest BCUT2D eigenvalue weighted by Crippen LogP contribution is -2.13. The van der Waals surface area contributed by atoms with Gasteiger partial charge in [0.25, 0.3) is 0 Å². The Morgan fingerprint density at radius 2 is 1.57 bits per heavy atom. The number of para-hydroxylation sites is 1. The fraction of sp³-hybridized carbons (Fsp3) is 0.250. The first-order valence-corrected chi connectivity index (χ1v) is 6.57. The van der Waals surface area contributed by atoms with Crippen LogP contribution in [-0.2, 0) is 13.1 Å². The Bertz CT molecular complexity index is 627. The fourth-order valence-electron chi connectivity index (χ4n) is 2.06. The molecule has 112 valence electrons. The van der Waals surface area contributed by atoms with Crippen molar-refractivity contribution in [3.63, 3.8) is 0 Å². The van der Waals surface area contributed by atoms with Crippen LogP contribution >= 0.6 is 0 Å². The van der Waals surface area contributed by atoms with Crippen LogP contribution < -0.4 is 5.32 Å². The average molecular weight is 294 g/mol. The molecule has 0 saturated heterocycles. The average Bonchev–Trinajstić information content (AvgIpc) is 2.42. The van der Waals surface area contributed by atoms with Crippen LogP contribution in [0.15, 0.2) is 36.4 Å². The highest BCUT2D eigenvalue weighted by Gasteiger charge is 2.10. The van der Waals surface area contributed by atoms with E-state index in [1.807, 2.05) is 43.3 Å². The first-order chi connectivity index (χ1) is 9.97. The van der Waals surface area contributed by atoms with E-state index in [4.69, 9.17) is 0 Å². The van der Waals surface area contributed by atoms with Crippen LogP contribution in [0.5, 0.6) is 0 Å². The summed E-state index contributed by atoms with van der Waals surface area (Å²) in [5.41, 5.74) is 1.98. The zero-order valence-corrected chi connectivity index (χ0v) is 12.0. The molecule has 0 radical (unpaired) electrons. The molecule has 2 rings (SSSR count). The Balaban J connectivity index is 2.15. The number of hydrogen-bond acceptors (Lipinski definition) is 2. The summed E-state index contributed by atoms with van der Waals surface area (Å²) in [6.45, 7) is 0.816.